The molecular weight excluding hydrogens is 499 g/mol. The van der Waals surface area contributed by atoms with Gasteiger partial charge in [0, 0.05) is 37.8 Å². The summed E-state index contributed by atoms with van der Waals surface area (Å²) >= 11 is 0. The summed E-state index contributed by atoms with van der Waals surface area (Å²) in [6.07, 6.45) is 0.699. The fourth-order valence-corrected chi connectivity index (χ4v) is 4.46. The van der Waals surface area contributed by atoms with Crippen LogP contribution in [-0.2, 0) is 20.8 Å². The smallest absolute Gasteiger partial charge is 0.303 e. The van der Waals surface area contributed by atoms with Crippen molar-refractivity contribution < 1.29 is 23.9 Å². The summed E-state index contributed by atoms with van der Waals surface area (Å²) < 4.78 is 13.9. The summed E-state index contributed by atoms with van der Waals surface area (Å²) in [5.41, 5.74) is 4.21. The molecule has 8 nitrogen and oxygen atoms in total. The lowest BCUT2D eigenvalue weighted by Gasteiger charge is -2.19. The van der Waals surface area contributed by atoms with Gasteiger partial charge in [0.25, 0.3) is 0 Å². The molecule has 1 heterocycles. The number of amides is 2. The normalized spacial score (nSPS) is 14.7. The van der Waals surface area contributed by atoms with Gasteiger partial charge in [-0.1, -0.05) is 24.3 Å². The number of carbonyl (C=O) groups is 3. The minimum absolute atomic E-state index is 0.00900. The highest BCUT2D eigenvalue weighted by Crippen LogP contribution is 2.37. The van der Waals surface area contributed by atoms with Gasteiger partial charge >= 0.3 is 5.97 Å². The van der Waals surface area contributed by atoms with Crippen LogP contribution in [0.3, 0.4) is 0 Å². The van der Waals surface area contributed by atoms with Gasteiger partial charge in [-0.25, -0.2) is 4.39 Å². The molecule has 1 unspecified atom stereocenters. The van der Waals surface area contributed by atoms with Crippen LogP contribution in [0.15, 0.2) is 71.7 Å². The van der Waals surface area contributed by atoms with Crippen molar-refractivity contribution in [3.05, 3.63) is 89.2 Å². The molecule has 202 valence electrons. The Hall–Kier alpha value is -4.37. The van der Waals surface area contributed by atoms with Crippen LogP contribution in [-0.4, -0.2) is 61.2 Å². The molecule has 0 fully saturated rings. The largest absolute Gasteiger partial charge is 0.481 e. The zero-order valence-electron chi connectivity index (χ0n) is 22.1. The van der Waals surface area contributed by atoms with Crippen LogP contribution in [0.1, 0.15) is 35.4 Å². The zero-order chi connectivity index (χ0) is 28.1. The molecule has 1 atom stereocenters. The Bertz CT molecular complexity index is 1420. The van der Waals surface area contributed by atoms with E-state index in [2.05, 4.69) is 5.32 Å². The monoisotopic (exact) mass is 530 g/mol. The quantitative estimate of drug-likeness (QED) is 0.373. The van der Waals surface area contributed by atoms with E-state index in [1.165, 1.54) is 12.1 Å². The Morgan fingerprint density at radius 2 is 1.74 bits per heavy atom. The van der Waals surface area contributed by atoms with Crippen LogP contribution in [0.4, 0.5) is 21.5 Å². The van der Waals surface area contributed by atoms with E-state index in [-0.39, 0.29) is 18.2 Å². The standard InChI is InChI=1S/C30H31FN4O4/c1-34(2)16-15-26(36)35(3)23-11-9-22(10-12-23)32-29(20-6-4-5-19(17-20)7-14-27(37)38)28-24-13-8-21(31)18-25(24)33-30(28)39/h4-6,8-13,17-18,28H,7,14-16H2,1-3H3,(H,33,39)(H,37,38). The van der Waals surface area contributed by atoms with E-state index in [1.807, 2.05) is 37.2 Å². The molecule has 2 amide bonds. The molecule has 9 heteroatoms. The lowest BCUT2D eigenvalue weighted by Crippen LogP contribution is -2.29. The Morgan fingerprint density at radius 3 is 2.44 bits per heavy atom. The number of carboxylic acid groups (broad SMARTS) is 1. The number of aryl methyl sites for hydroxylation is 1. The minimum Gasteiger partial charge on any atom is -0.481 e. The van der Waals surface area contributed by atoms with Crippen LogP contribution in [0.5, 0.6) is 0 Å². The highest BCUT2D eigenvalue weighted by molar-refractivity contribution is 6.24. The van der Waals surface area contributed by atoms with Crippen LogP contribution >= 0.6 is 0 Å². The number of rotatable bonds is 10. The number of halogens is 1. The van der Waals surface area contributed by atoms with Crippen LogP contribution in [0.25, 0.3) is 0 Å². The van der Waals surface area contributed by atoms with Crippen LogP contribution in [0, 0.1) is 5.82 Å². The van der Waals surface area contributed by atoms with E-state index in [0.717, 1.165) is 5.56 Å². The van der Waals surface area contributed by atoms with Crippen molar-refractivity contribution in [3.8, 4) is 0 Å². The van der Waals surface area contributed by atoms with Crippen molar-refractivity contribution in [3.63, 3.8) is 0 Å². The van der Waals surface area contributed by atoms with E-state index in [4.69, 9.17) is 10.1 Å². The number of anilines is 2. The summed E-state index contributed by atoms with van der Waals surface area (Å²) in [4.78, 5) is 45.2. The summed E-state index contributed by atoms with van der Waals surface area (Å²) in [7, 11) is 5.56. The van der Waals surface area contributed by atoms with Crippen LogP contribution < -0.4 is 10.2 Å². The number of carboxylic acids is 1. The average molecular weight is 531 g/mol. The Morgan fingerprint density at radius 1 is 1.00 bits per heavy atom. The van der Waals surface area contributed by atoms with Gasteiger partial charge in [-0.3, -0.25) is 19.4 Å². The van der Waals surface area contributed by atoms with Crippen molar-refractivity contribution >= 4 is 40.6 Å². The number of nitrogens with zero attached hydrogens (tertiary/aromatic N) is 3. The van der Waals surface area contributed by atoms with Crippen molar-refractivity contribution in [1.82, 2.24) is 4.90 Å². The second-order valence-corrected chi connectivity index (χ2v) is 9.77. The van der Waals surface area contributed by atoms with Crippen molar-refractivity contribution in [2.75, 3.05) is 37.9 Å². The van der Waals surface area contributed by atoms with Crippen molar-refractivity contribution in [2.45, 2.75) is 25.2 Å². The summed E-state index contributed by atoms with van der Waals surface area (Å²) in [6, 6.07) is 18.6. The molecule has 1 aliphatic heterocycles. The lowest BCUT2D eigenvalue weighted by molar-refractivity contribution is -0.137. The van der Waals surface area contributed by atoms with Crippen molar-refractivity contribution in [2.24, 2.45) is 4.99 Å². The minimum atomic E-state index is -0.898. The number of carbonyl (C=O) groups excluding carboxylic acids is 2. The van der Waals surface area contributed by atoms with Gasteiger partial charge in [0.05, 0.1) is 11.4 Å². The summed E-state index contributed by atoms with van der Waals surface area (Å²) in [5, 5.41) is 11.9. The number of aliphatic imine (C=N–C) groups is 1. The van der Waals surface area contributed by atoms with Gasteiger partial charge in [-0.2, -0.15) is 0 Å². The van der Waals surface area contributed by atoms with Gasteiger partial charge in [0.2, 0.25) is 11.8 Å². The number of nitrogens with one attached hydrogen (secondary N) is 1. The van der Waals surface area contributed by atoms with E-state index in [9.17, 15) is 18.8 Å². The Balaban J connectivity index is 1.71. The van der Waals surface area contributed by atoms with E-state index in [1.54, 1.807) is 48.3 Å². The van der Waals surface area contributed by atoms with Gasteiger partial charge < -0.3 is 20.2 Å². The number of aliphatic carboxylic acids is 1. The fraction of sp³-hybridized carbons (Fsp3) is 0.267. The first-order valence-electron chi connectivity index (χ1n) is 12.6. The molecule has 0 bridgehead atoms. The first-order chi connectivity index (χ1) is 18.6. The fourth-order valence-electron chi connectivity index (χ4n) is 4.46. The first-order valence-corrected chi connectivity index (χ1v) is 12.6. The molecule has 4 rings (SSSR count). The predicted octanol–water partition coefficient (Wildman–Crippen LogP) is 4.61. The summed E-state index contributed by atoms with van der Waals surface area (Å²) in [5.74, 6) is -2.47. The first kappa shape index (κ1) is 27.7. The molecule has 39 heavy (non-hydrogen) atoms. The van der Waals surface area contributed by atoms with Crippen LogP contribution in [0.2, 0.25) is 0 Å². The maximum Gasteiger partial charge on any atom is 0.303 e. The molecule has 3 aromatic carbocycles. The molecule has 2 N–H and O–H groups in total. The number of fused-ring (bicyclic) bond motifs is 1. The molecule has 0 radical (unpaired) electrons. The molecular formula is C30H31FN4O4. The topological polar surface area (TPSA) is 102 Å². The third kappa shape index (κ3) is 6.74. The lowest BCUT2D eigenvalue weighted by atomic mass is 9.89. The molecule has 0 saturated heterocycles. The van der Waals surface area contributed by atoms with E-state index in [0.29, 0.717) is 53.3 Å². The SMILES string of the molecule is CN(C)CCC(=O)N(C)c1ccc(N=C(c2cccc(CCC(=O)O)c2)C2C(=O)Nc3cc(F)ccc32)cc1. The van der Waals surface area contributed by atoms with Gasteiger partial charge in [-0.05, 0) is 79.7 Å². The molecule has 1 aliphatic rings. The predicted molar refractivity (Wildman–Crippen MR) is 149 cm³/mol. The maximum absolute atomic E-state index is 13.9. The second-order valence-electron chi connectivity index (χ2n) is 9.77. The second kappa shape index (κ2) is 12.0. The third-order valence-electron chi connectivity index (χ3n) is 6.60. The molecule has 0 spiro atoms. The third-order valence-corrected chi connectivity index (χ3v) is 6.60. The molecule has 0 saturated carbocycles. The zero-order valence-corrected chi connectivity index (χ0v) is 22.1. The number of hydrogen-bond acceptors (Lipinski definition) is 5. The van der Waals surface area contributed by atoms with E-state index >= 15 is 0 Å². The highest BCUT2D eigenvalue weighted by Gasteiger charge is 2.35. The molecule has 3 aromatic rings. The van der Waals surface area contributed by atoms with E-state index < -0.39 is 17.7 Å². The van der Waals surface area contributed by atoms with Crippen molar-refractivity contribution in [1.29, 1.82) is 0 Å². The maximum atomic E-state index is 13.9. The van der Waals surface area contributed by atoms with Gasteiger partial charge in [0.1, 0.15) is 11.7 Å². The molecule has 0 aromatic heterocycles. The Kier molecular flexibility index (Phi) is 8.51. The average Bonchev–Trinajstić information content (AvgIpc) is 3.23. The van der Waals surface area contributed by atoms with Gasteiger partial charge in [-0.15, -0.1) is 0 Å². The Labute approximate surface area is 226 Å². The molecule has 0 aliphatic carbocycles. The summed E-state index contributed by atoms with van der Waals surface area (Å²) in [6.45, 7) is 0.648. The van der Waals surface area contributed by atoms with Gasteiger partial charge in [0.15, 0.2) is 0 Å². The number of hydrogen-bond donors (Lipinski definition) is 2. The highest BCUT2D eigenvalue weighted by atomic mass is 19.1. The number of benzene rings is 3.